The summed E-state index contributed by atoms with van der Waals surface area (Å²) in [5, 5.41) is 8.58. The van der Waals surface area contributed by atoms with Gasteiger partial charge in [-0.15, -0.1) is 0 Å². The second kappa shape index (κ2) is 6.06. The summed E-state index contributed by atoms with van der Waals surface area (Å²) in [5.74, 6) is 0.991. The summed E-state index contributed by atoms with van der Waals surface area (Å²) >= 11 is 0. The molecule has 0 aliphatic carbocycles. The van der Waals surface area contributed by atoms with Gasteiger partial charge in [-0.1, -0.05) is 48.5 Å². The van der Waals surface area contributed by atoms with Crippen LogP contribution in [0.3, 0.4) is 0 Å². The normalized spacial score (nSPS) is 12.1. The quantitative estimate of drug-likeness (QED) is 0.395. The van der Waals surface area contributed by atoms with Gasteiger partial charge in [0.05, 0.1) is 6.20 Å². The Kier molecular flexibility index (Phi) is 3.63. The van der Waals surface area contributed by atoms with Crippen LogP contribution in [0.5, 0.6) is 0 Å². The number of nitrogens with zero attached hydrogens (tertiary/aromatic N) is 3. The van der Waals surface area contributed by atoms with Crippen LogP contribution in [0.2, 0.25) is 0 Å². The molecule has 2 aromatic heterocycles. The van der Waals surface area contributed by atoms with E-state index >= 15 is 0 Å². The lowest BCUT2D eigenvalue weighted by Crippen LogP contribution is -2.27. The molecule has 138 valence electrons. The second-order valence-corrected chi connectivity index (χ2v) is 8.18. The number of rotatable bonds is 2. The molecule has 0 amide bonds. The molecule has 0 aliphatic rings. The minimum absolute atomic E-state index is 0.0966. The number of imidazole rings is 1. The summed E-state index contributed by atoms with van der Waals surface area (Å²) in [6.07, 6.45) is 5.56. The Balaban J connectivity index is 1.90. The van der Waals surface area contributed by atoms with Gasteiger partial charge in [0.15, 0.2) is 5.65 Å². The SMILES string of the molecule is CC(C)(C)Nc1c(-c2cc3ccccc3c3ccccc23)nc2cnccn12. The fourth-order valence-corrected chi connectivity index (χ4v) is 3.82. The average molecular weight is 366 g/mol. The number of hydrogen-bond acceptors (Lipinski definition) is 3. The molecule has 0 bridgehead atoms. The standard InChI is InChI=1S/C24H22N4/c1-24(2,3)27-23-22(26-21-15-25-12-13-28(21)23)20-14-16-8-4-5-9-17(16)18-10-6-7-11-19(18)20/h4-15,27H,1-3H3. The van der Waals surface area contributed by atoms with Crippen LogP contribution < -0.4 is 5.32 Å². The van der Waals surface area contributed by atoms with Gasteiger partial charge in [0.1, 0.15) is 11.5 Å². The average Bonchev–Trinajstić information content (AvgIpc) is 3.04. The van der Waals surface area contributed by atoms with Gasteiger partial charge < -0.3 is 5.32 Å². The summed E-state index contributed by atoms with van der Waals surface area (Å²) < 4.78 is 2.08. The molecule has 0 fully saturated rings. The number of anilines is 1. The zero-order chi connectivity index (χ0) is 19.3. The monoisotopic (exact) mass is 366 g/mol. The predicted molar refractivity (Wildman–Crippen MR) is 117 cm³/mol. The lowest BCUT2D eigenvalue weighted by molar-refractivity contribution is 0.629. The third-order valence-electron chi connectivity index (χ3n) is 4.95. The van der Waals surface area contributed by atoms with Crippen molar-refractivity contribution in [2.75, 3.05) is 5.32 Å². The molecule has 28 heavy (non-hydrogen) atoms. The molecular formula is C24H22N4. The van der Waals surface area contributed by atoms with Gasteiger partial charge in [-0.3, -0.25) is 9.38 Å². The van der Waals surface area contributed by atoms with Crippen LogP contribution in [0.4, 0.5) is 5.82 Å². The third kappa shape index (κ3) is 2.69. The van der Waals surface area contributed by atoms with Gasteiger partial charge in [0.2, 0.25) is 0 Å². The van der Waals surface area contributed by atoms with Gasteiger partial charge >= 0.3 is 0 Å². The summed E-state index contributed by atoms with van der Waals surface area (Å²) in [5.41, 5.74) is 2.82. The van der Waals surface area contributed by atoms with Crippen LogP contribution in [-0.4, -0.2) is 19.9 Å². The number of fused-ring (bicyclic) bond motifs is 4. The first-order valence-corrected chi connectivity index (χ1v) is 9.52. The summed E-state index contributed by atoms with van der Waals surface area (Å²) in [7, 11) is 0. The first-order chi connectivity index (χ1) is 13.5. The van der Waals surface area contributed by atoms with Crippen molar-refractivity contribution in [3.8, 4) is 11.3 Å². The van der Waals surface area contributed by atoms with Crippen molar-refractivity contribution < 1.29 is 0 Å². The van der Waals surface area contributed by atoms with Crippen LogP contribution >= 0.6 is 0 Å². The maximum Gasteiger partial charge on any atom is 0.157 e. The Hall–Kier alpha value is -3.40. The lowest BCUT2D eigenvalue weighted by atomic mass is 9.95. The van der Waals surface area contributed by atoms with Crippen LogP contribution in [-0.2, 0) is 0 Å². The van der Waals surface area contributed by atoms with Crippen molar-refractivity contribution >= 4 is 33.0 Å². The van der Waals surface area contributed by atoms with E-state index in [1.54, 1.807) is 12.4 Å². The first-order valence-electron chi connectivity index (χ1n) is 9.52. The third-order valence-corrected chi connectivity index (χ3v) is 4.95. The van der Waals surface area contributed by atoms with E-state index < -0.39 is 0 Å². The topological polar surface area (TPSA) is 42.2 Å². The fourth-order valence-electron chi connectivity index (χ4n) is 3.82. The molecule has 0 saturated carbocycles. The minimum Gasteiger partial charge on any atom is -0.365 e. The lowest BCUT2D eigenvalue weighted by Gasteiger charge is -2.23. The summed E-state index contributed by atoms with van der Waals surface area (Å²) in [6.45, 7) is 6.49. The highest BCUT2D eigenvalue weighted by Gasteiger charge is 2.21. The number of nitrogens with one attached hydrogen (secondary N) is 1. The van der Waals surface area contributed by atoms with Crippen LogP contribution in [0, 0.1) is 0 Å². The molecule has 0 atom stereocenters. The zero-order valence-electron chi connectivity index (χ0n) is 16.3. The predicted octanol–water partition coefficient (Wildman–Crippen LogP) is 5.91. The van der Waals surface area contributed by atoms with Crippen molar-refractivity contribution in [2.24, 2.45) is 0 Å². The van der Waals surface area contributed by atoms with Crippen LogP contribution in [0.15, 0.2) is 73.2 Å². The van der Waals surface area contributed by atoms with E-state index in [9.17, 15) is 0 Å². The smallest absolute Gasteiger partial charge is 0.157 e. The molecule has 5 aromatic rings. The van der Waals surface area contributed by atoms with Gasteiger partial charge in [-0.25, -0.2) is 4.98 Å². The number of hydrogen-bond donors (Lipinski definition) is 1. The van der Waals surface area contributed by atoms with E-state index in [-0.39, 0.29) is 5.54 Å². The van der Waals surface area contributed by atoms with Gasteiger partial charge in [-0.05, 0) is 48.4 Å². The molecule has 4 heteroatoms. The van der Waals surface area contributed by atoms with Crippen LogP contribution in [0.1, 0.15) is 20.8 Å². The fraction of sp³-hybridized carbons (Fsp3) is 0.167. The Bertz CT molecular complexity index is 1330. The highest BCUT2D eigenvalue weighted by Crippen LogP contribution is 2.38. The molecular weight excluding hydrogens is 344 g/mol. The highest BCUT2D eigenvalue weighted by molar-refractivity contribution is 6.14. The van der Waals surface area contributed by atoms with E-state index in [1.165, 1.54) is 21.5 Å². The zero-order valence-corrected chi connectivity index (χ0v) is 16.3. The van der Waals surface area contributed by atoms with Gasteiger partial charge in [0.25, 0.3) is 0 Å². The highest BCUT2D eigenvalue weighted by atomic mass is 15.2. The molecule has 2 heterocycles. The molecule has 0 spiro atoms. The molecule has 0 saturated heterocycles. The van der Waals surface area contributed by atoms with Crippen molar-refractivity contribution in [3.05, 3.63) is 73.2 Å². The van der Waals surface area contributed by atoms with Crippen molar-refractivity contribution in [1.29, 1.82) is 0 Å². The van der Waals surface area contributed by atoms with Gasteiger partial charge in [-0.2, -0.15) is 0 Å². The van der Waals surface area contributed by atoms with E-state index in [2.05, 4.69) is 90.1 Å². The number of aromatic nitrogens is 3. The largest absolute Gasteiger partial charge is 0.365 e. The Morgan fingerprint density at radius 3 is 2.39 bits per heavy atom. The molecule has 3 aromatic carbocycles. The van der Waals surface area contributed by atoms with Crippen molar-refractivity contribution in [2.45, 2.75) is 26.3 Å². The van der Waals surface area contributed by atoms with Crippen LogP contribution in [0.25, 0.3) is 38.4 Å². The molecule has 1 N–H and O–H groups in total. The Labute approximate surface area is 163 Å². The Morgan fingerprint density at radius 2 is 1.61 bits per heavy atom. The molecule has 5 rings (SSSR count). The van der Waals surface area contributed by atoms with E-state index in [4.69, 9.17) is 4.98 Å². The summed E-state index contributed by atoms with van der Waals surface area (Å²) in [6, 6.07) is 19.3. The molecule has 0 unspecified atom stereocenters. The second-order valence-electron chi connectivity index (χ2n) is 8.18. The Morgan fingerprint density at radius 1 is 0.893 bits per heavy atom. The van der Waals surface area contributed by atoms with Gasteiger partial charge in [0, 0.05) is 23.5 Å². The number of benzene rings is 3. The summed E-state index contributed by atoms with van der Waals surface area (Å²) in [4.78, 5) is 9.22. The van der Waals surface area contributed by atoms with E-state index in [0.29, 0.717) is 0 Å². The maximum atomic E-state index is 4.96. The minimum atomic E-state index is -0.0966. The molecule has 0 radical (unpaired) electrons. The molecule has 0 aliphatic heterocycles. The first kappa shape index (κ1) is 16.8. The van der Waals surface area contributed by atoms with E-state index in [1.807, 2.05) is 6.20 Å². The van der Waals surface area contributed by atoms with E-state index in [0.717, 1.165) is 22.7 Å². The van der Waals surface area contributed by atoms with Crippen molar-refractivity contribution in [3.63, 3.8) is 0 Å². The maximum absolute atomic E-state index is 4.96. The van der Waals surface area contributed by atoms with Crippen molar-refractivity contribution in [1.82, 2.24) is 14.4 Å². The molecule has 4 nitrogen and oxygen atoms in total.